The minimum absolute atomic E-state index is 0.0440. The number of benzene rings is 2. The van der Waals surface area contributed by atoms with E-state index in [2.05, 4.69) is 0 Å². The highest BCUT2D eigenvalue weighted by molar-refractivity contribution is 5.52. The Kier molecular flexibility index (Phi) is 5.93. The van der Waals surface area contributed by atoms with Gasteiger partial charge in [0.05, 0.1) is 12.7 Å². The second-order valence-electron chi connectivity index (χ2n) is 7.64. The van der Waals surface area contributed by atoms with Crippen molar-refractivity contribution in [2.75, 3.05) is 6.61 Å². The molecule has 2 aromatic rings. The maximum atomic E-state index is 10.7. The van der Waals surface area contributed by atoms with Crippen molar-refractivity contribution in [2.45, 2.75) is 49.3 Å². The number of ether oxygens (including phenoxy) is 3. The molecule has 0 saturated carbocycles. The lowest BCUT2D eigenvalue weighted by Gasteiger charge is -2.40. The van der Waals surface area contributed by atoms with E-state index < -0.39 is 49.5 Å². The van der Waals surface area contributed by atoms with E-state index in [9.17, 15) is 35.7 Å². The van der Waals surface area contributed by atoms with Gasteiger partial charge >= 0.3 is 0 Å². The molecule has 7 N–H and O–H groups in total. The number of aromatic hydroxyl groups is 2. The van der Waals surface area contributed by atoms with Crippen LogP contribution in [0.25, 0.3) is 0 Å². The molecule has 10 nitrogen and oxygen atoms in total. The van der Waals surface area contributed by atoms with Crippen LogP contribution in [-0.2, 0) is 11.2 Å². The lowest BCUT2D eigenvalue weighted by Crippen LogP contribution is -2.60. The molecular weight excluding hydrogens is 412 g/mol. The van der Waals surface area contributed by atoms with Gasteiger partial charge in [-0.3, -0.25) is 0 Å². The fourth-order valence-corrected chi connectivity index (χ4v) is 3.79. The molecule has 168 valence electrons. The van der Waals surface area contributed by atoms with Gasteiger partial charge in [0.25, 0.3) is 0 Å². The zero-order valence-electron chi connectivity index (χ0n) is 16.3. The Morgan fingerprint density at radius 3 is 2.29 bits per heavy atom. The quantitative estimate of drug-likeness (QED) is 0.326. The fraction of sp³-hybridized carbons (Fsp3) is 0.429. The second-order valence-corrected chi connectivity index (χ2v) is 7.64. The zero-order chi connectivity index (χ0) is 22.3. The van der Waals surface area contributed by atoms with E-state index in [1.165, 1.54) is 24.3 Å². The monoisotopic (exact) mass is 436 g/mol. The molecule has 2 aromatic carbocycles. The minimum Gasteiger partial charge on any atom is -0.508 e. The third kappa shape index (κ3) is 4.13. The second kappa shape index (κ2) is 8.50. The Hall–Kier alpha value is -2.60. The summed E-state index contributed by atoms with van der Waals surface area (Å²) in [6.07, 6.45) is -9.05. The molecule has 2 heterocycles. The highest BCUT2D eigenvalue weighted by Crippen LogP contribution is 2.43. The Morgan fingerprint density at radius 2 is 1.61 bits per heavy atom. The van der Waals surface area contributed by atoms with Gasteiger partial charge in [0.2, 0.25) is 6.29 Å². The Labute approximate surface area is 177 Å². The van der Waals surface area contributed by atoms with Gasteiger partial charge in [-0.15, -0.1) is 0 Å². The third-order valence-electron chi connectivity index (χ3n) is 5.48. The van der Waals surface area contributed by atoms with Crippen molar-refractivity contribution >= 4 is 0 Å². The van der Waals surface area contributed by atoms with Crippen LogP contribution in [0, 0.1) is 0 Å². The molecule has 0 radical (unpaired) electrons. The van der Waals surface area contributed by atoms with Crippen molar-refractivity contribution in [3.8, 4) is 23.0 Å². The molecule has 0 unspecified atom stereocenters. The van der Waals surface area contributed by atoms with Crippen LogP contribution in [0.15, 0.2) is 36.4 Å². The van der Waals surface area contributed by atoms with Gasteiger partial charge in [-0.05, 0) is 17.7 Å². The highest BCUT2D eigenvalue weighted by atomic mass is 16.7. The van der Waals surface area contributed by atoms with Gasteiger partial charge in [-0.2, -0.15) is 0 Å². The number of aliphatic hydroxyl groups is 5. The topological polar surface area (TPSA) is 169 Å². The summed E-state index contributed by atoms with van der Waals surface area (Å²) < 4.78 is 16.9. The molecule has 2 aliphatic heterocycles. The SMILES string of the molecule is OC[C@H]1O[C@@H](Oc2cc(O)cc3c2C[C@H](O)[C@@H](c2ccc(O)cc2)O3)[C@H](O)[C@@H](O)[C@@H]1O. The van der Waals surface area contributed by atoms with Crippen LogP contribution in [-0.4, -0.2) is 79.2 Å². The van der Waals surface area contributed by atoms with Crippen molar-refractivity contribution in [3.05, 3.63) is 47.5 Å². The standard InChI is InChI=1S/C21H24O10/c22-8-16-17(26)18(27)19(28)21(31-16)30-15-6-11(24)5-14-12(15)7-13(25)20(29-14)9-1-3-10(23)4-2-9/h1-6,13,16-28H,7-8H2/t13-,16+,17+,18-,19+,20+,21+/m0/s1. The summed E-state index contributed by atoms with van der Waals surface area (Å²) in [5, 5.41) is 69.7. The molecule has 0 amide bonds. The van der Waals surface area contributed by atoms with E-state index in [1.807, 2.05) is 0 Å². The summed E-state index contributed by atoms with van der Waals surface area (Å²) in [6.45, 7) is -0.612. The molecule has 0 aliphatic carbocycles. The molecule has 0 aromatic heterocycles. The van der Waals surface area contributed by atoms with Crippen LogP contribution >= 0.6 is 0 Å². The first-order valence-corrected chi connectivity index (χ1v) is 9.75. The number of phenols is 2. The summed E-state index contributed by atoms with van der Waals surface area (Å²) in [5.74, 6) is 0.145. The van der Waals surface area contributed by atoms with Crippen molar-refractivity contribution in [1.29, 1.82) is 0 Å². The number of hydrogen-bond acceptors (Lipinski definition) is 10. The molecule has 4 rings (SSSR count). The van der Waals surface area contributed by atoms with E-state index in [4.69, 9.17) is 14.2 Å². The summed E-state index contributed by atoms with van der Waals surface area (Å²) >= 11 is 0. The summed E-state index contributed by atoms with van der Waals surface area (Å²) in [5.41, 5.74) is 1.02. The van der Waals surface area contributed by atoms with Crippen LogP contribution in [0.4, 0.5) is 0 Å². The molecule has 2 aliphatic rings. The van der Waals surface area contributed by atoms with Crippen LogP contribution < -0.4 is 9.47 Å². The first-order chi connectivity index (χ1) is 14.8. The van der Waals surface area contributed by atoms with Crippen molar-refractivity contribution in [2.24, 2.45) is 0 Å². The number of phenolic OH excluding ortho intramolecular Hbond substituents is 2. The Bertz CT molecular complexity index is 915. The van der Waals surface area contributed by atoms with E-state index in [1.54, 1.807) is 12.1 Å². The van der Waals surface area contributed by atoms with Crippen LogP contribution in [0.3, 0.4) is 0 Å². The van der Waals surface area contributed by atoms with Crippen molar-refractivity contribution < 1.29 is 50.0 Å². The van der Waals surface area contributed by atoms with E-state index >= 15 is 0 Å². The van der Waals surface area contributed by atoms with E-state index in [-0.39, 0.29) is 29.4 Å². The van der Waals surface area contributed by atoms with Crippen LogP contribution in [0.1, 0.15) is 17.2 Å². The molecular formula is C21H24O10. The number of hydrogen-bond donors (Lipinski definition) is 7. The van der Waals surface area contributed by atoms with E-state index in [0.29, 0.717) is 11.1 Å². The van der Waals surface area contributed by atoms with Gasteiger partial charge in [0, 0.05) is 24.1 Å². The predicted molar refractivity (Wildman–Crippen MR) is 104 cm³/mol. The predicted octanol–water partition coefficient (Wildman–Crippen LogP) is -0.686. The van der Waals surface area contributed by atoms with Gasteiger partial charge in [-0.25, -0.2) is 0 Å². The Balaban J connectivity index is 1.61. The summed E-state index contributed by atoms with van der Waals surface area (Å²) in [6, 6.07) is 8.77. The third-order valence-corrected chi connectivity index (χ3v) is 5.48. The van der Waals surface area contributed by atoms with Gasteiger partial charge in [-0.1, -0.05) is 12.1 Å². The number of rotatable bonds is 4. The maximum absolute atomic E-state index is 10.7. The van der Waals surface area contributed by atoms with Gasteiger partial charge < -0.3 is 50.0 Å². The fourth-order valence-electron chi connectivity index (χ4n) is 3.79. The van der Waals surface area contributed by atoms with Crippen LogP contribution in [0.5, 0.6) is 23.0 Å². The zero-order valence-corrected chi connectivity index (χ0v) is 16.3. The molecule has 1 saturated heterocycles. The molecule has 10 heteroatoms. The molecule has 0 spiro atoms. The summed E-state index contributed by atoms with van der Waals surface area (Å²) in [7, 11) is 0. The lowest BCUT2D eigenvalue weighted by atomic mass is 9.94. The molecule has 7 atom stereocenters. The first kappa shape index (κ1) is 21.6. The summed E-state index contributed by atoms with van der Waals surface area (Å²) in [4.78, 5) is 0. The molecule has 1 fully saturated rings. The molecule has 31 heavy (non-hydrogen) atoms. The Morgan fingerprint density at radius 1 is 0.903 bits per heavy atom. The molecule has 0 bridgehead atoms. The van der Waals surface area contributed by atoms with Crippen molar-refractivity contribution in [3.63, 3.8) is 0 Å². The average molecular weight is 436 g/mol. The van der Waals surface area contributed by atoms with Crippen LogP contribution in [0.2, 0.25) is 0 Å². The minimum atomic E-state index is -1.63. The average Bonchev–Trinajstić information content (AvgIpc) is 2.75. The number of aliphatic hydroxyl groups excluding tert-OH is 5. The lowest BCUT2D eigenvalue weighted by molar-refractivity contribution is -0.277. The normalized spacial score (nSPS) is 32.7. The van der Waals surface area contributed by atoms with E-state index in [0.717, 1.165) is 0 Å². The largest absolute Gasteiger partial charge is 0.508 e. The highest BCUT2D eigenvalue weighted by Gasteiger charge is 2.45. The van der Waals surface area contributed by atoms with Gasteiger partial charge in [0.1, 0.15) is 53.5 Å². The maximum Gasteiger partial charge on any atom is 0.229 e. The smallest absolute Gasteiger partial charge is 0.229 e. The van der Waals surface area contributed by atoms with Crippen molar-refractivity contribution in [1.82, 2.24) is 0 Å². The van der Waals surface area contributed by atoms with Gasteiger partial charge in [0.15, 0.2) is 0 Å². The number of fused-ring (bicyclic) bond motifs is 1. The first-order valence-electron chi connectivity index (χ1n) is 9.75.